The van der Waals surface area contributed by atoms with Gasteiger partial charge in [0.05, 0.1) is 44.1 Å². The van der Waals surface area contributed by atoms with Crippen LogP contribution in [0.3, 0.4) is 0 Å². The molecule has 4 heterocycles. The summed E-state index contributed by atoms with van der Waals surface area (Å²) in [6.07, 6.45) is 5.51. The quantitative estimate of drug-likeness (QED) is 0.132. The van der Waals surface area contributed by atoms with E-state index in [2.05, 4.69) is 30.6 Å². The average molecular weight is 753 g/mol. The Morgan fingerprint density at radius 1 is 0.727 bits per heavy atom. The van der Waals surface area contributed by atoms with Gasteiger partial charge in [0, 0.05) is 13.1 Å². The molecule has 2 aromatic carbocycles. The number of H-pyrrole nitrogens is 2. The zero-order valence-corrected chi connectivity index (χ0v) is 31.8. The minimum absolute atomic E-state index is 0.141. The zero-order valence-electron chi connectivity index (χ0n) is 31.8. The molecule has 2 unspecified atom stereocenters. The second kappa shape index (κ2) is 16.6. The second-order valence-corrected chi connectivity index (χ2v) is 14.4. The Kier molecular flexibility index (Phi) is 11.7. The van der Waals surface area contributed by atoms with Crippen molar-refractivity contribution in [2.75, 3.05) is 27.3 Å². The lowest BCUT2D eigenvalue weighted by atomic mass is 10.0. The first-order valence-corrected chi connectivity index (χ1v) is 18.4. The fourth-order valence-electron chi connectivity index (χ4n) is 7.05. The normalized spacial score (nSPS) is 19.1. The van der Waals surface area contributed by atoms with E-state index in [4.69, 9.17) is 9.47 Å². The van der Waals surface area contributed by atoms with Gasteiger partial charge >= 0.3 is 12.2 Å². The van der Waals surface area contributed by atoms with Crippen molar-refractivity contribution in [3.63, 3.8) is 0 Å². The van der Waals surface area contributed by atoms with Gasteiger partial charge in [-0.15, -0.1) is 0 Å². The highest BCUT2D eigenvalue weighted by molar-refractivity contribution is 5.87. The molecule has 0 saturated carbocycles. The maximum absolute atomic E-state index is 13.6. The molecule has 4 aromatic rings. The van der Waals surface area contributed by atoms with E-state index in [1.54, 1.807) is 22.2 Å². The van der Waals surface area contributed by atoms with Crippen LogP contribution >= 0.6 is 0 Å². The molecule has 2 aliphatic heterocycles. The van der Waals surface area contributed by atoms with Crippen molar-refractivity contribution in [1.82, 2.24) is 40.4 Å². The first-order chi connectivity index (χ1) is 26.4. The molecule has 1 saturated heterocycles. The molecule has 1 fully saturated rings. The SMILES string of the molecule is COC(=O)NC(C(=O)N1CC=C[C@H]1c1ncc(-c2ccc(-c3ccc(-c4cnc([C@@H]5C(O)CCN5C(=O)[C@@H](NC(=O)OC)C(C)C)[nH]4)cc3)cc2)[nH]1)C(C)C. The number of aromatic amines is 2. The smallest absolute Gasteiger partial charge is 0.407 e. The number of methoxy groups -OCH3 is 2. The van der Waals surface area contributed by atoms with Gasteiger partial charge in [-0.25, -0.2) is 19.6 Å². The highest BCUT2D eigenvalue weighted by Gasteiger charge is 2.42. The van der Waals surface area contributed by atoms with Crippen LogP contribution in [-0.4, -0.2) is 104 Å². The molecule has 55 heavy (non-hydrogen) atoms. The molecule has 0 bridgehead atoms. The molecule has 15 heteroatoms. The molecule has 2 aromatic heterocycles. The lowest BCUT2D eigenvalue weighted by Gasteiger charge is -2.30. The van der Waals surface area contributed by atoms with Gasteiger partial charge in [-0.05, 0) is 40.5 Å². The van der Waals surface area contributed by atoms with Gasteiger partial charge in [0.1, 0.15) is 35.8 Å². The minimum atomic E-state index is -0.814. The van der Waals surface area contributed by atoms with Crippen molar-refractivity contribution in [2.45, 2.75) is 64.4 Å². The Hall–Kier alpha value is -5.96. The molecule has 6 rings (SSSR count). The summed E-state index contributed by atoms with van der Waals surface area (Å²) in [5, 5.41) is 16.2. The van der Waals surface area contributed by atoms with Crippen LogP contribution in [0.15, 0.2) is 73.1 Å². The van der Waals surface area contributed by atoms with Crippen LogP contribution < -0.4 is 10.6 Å². The zero-order chi connectivity index (χ0) is 39.4. The number of carbonyl (C=O) groups excluding carboxylic acids is 4. The van der Waals surface area contributed by atoms with E-state index >= 15 is 0 Å². The molecule has 5 atom stereocenters. The number of rotatable bonds is 11. The van der Waals surface area contributed by atoms with Crippen molar-refractivity contribution in [1.29, 1.82) is 0 Å². The summed E-state index contributed by atoms with van der Waals surface area (Å²) in [7, 11) is 2.52. The van der Waals surface area contributed by atoms with E-state index < -0.39 is 42.5 Å². The van der Waals surface area contributed by atoms with Gasteiger partial charge < -0.3 is 45.0 Å². The summed E-state index contributed by atoms with van der Waals surface area (Å²) >= 11 is 0. The number of benzene rings is 2. The molecule has 0 radical (unpaired) electrons. The summed E-state index contributed by atoms with van der Waals surface area (Å²) in [4.78, 5) is 70.0. The van der Waals surface area contributed by atoms with E-state index in [9.17, 15) is 24.3 Å². The molecule has 4 amide bonds. The monoisotopic (exact) mass is 752 g/mol. The minimum Gasteiger partial charge on any atom is -0.453 e. The summed E-state index contributed by atoms with van der Waals surface area (Å²) in [5.74, 6) is 0.230. The number of likely N-dealkylation sites (tertiary alicyclic amines) is 1. The Morgan fingerprint density at radius 3 is 1.67 bits per heavy atom. The molecular weight excluding hydrogens is 704 g/mol. The van der Waals surface area contributed by atoms with Crippen LogP contribution in [0, 0.1) is 11.8 Å². The number of aromatic nitrogens is 4. The van der Waals surface area contributed by atoms with Gasteiger partial charge in [-0.3, -0.25) is 9.59 Å². The van der Waals surface area contributed by atoms with Gasteiger partial charge in [0.15, 0.2) is 0 Å². The number of imidazole rings is 2. The maximum atomic E-state index is 13.6. The van der Waals surface area contributed by atoms with E-state index in [-0.39, 0.29) is 23.7 Å². The Bertz CT molecular complexity index is 2020. The van der Waals surface area contributed by atoms with Gasteiger partial charge in [-0.1, -0.05) is 88.4 Å². The molecule has 5 N–H and O–H groups in total. The third-order valence-corrected chi connectivity index (χ3v) is 10.1. The van der Waals surface area contributed by atoms with Crippen LogP contribution in [0.25, 0.3) is 33.6 Å². The van der Waals surface area contributed by atoms with E-state index in [1.807, 2.05) is 88.4 Å². The number of aliphatic hydroxyl groups is 1. The van der Waals surface area contributed by atoms with Crippen molar-refractivity contribution < 1.29 is 33.8 Å². The van der Waals surface area contributed by atoms with Crippen molar-refractivity contribution in [3.05, 3.63) is 84.7 Å². The number of ether oxygens (including phenoxy) is 2. The first kappa shape index (κ1) is 38.8. The molecule has 0 spiro atoms. The third kappa shape index (κ3) is 8.26. The van der Waals surface area contributed by atoms with E-state index in [1.165, 1.54) is 14.2 Å². The topological polar surface area (TPSA) is 195 Å². The fourth-order valence-corrected chi connectivity index (χ4v) is 7.05. The molecule has 2 aliphatic rings. The highest BCUT2D eigenvalue weighted by atomic mass is 16.5. The lowest BCUT2D eigenvalue weighted by Crippen LogP contribution is -2.51. The van der Waals surface area contributed by atoms with E-state index in [0.29, 0.717) is 31.2 Å². The second-order valence-electron chi connectivity index (χ2n) is 14.4. The van der Waals surface area contributed by atoms with Gasteiger partial charge in [0.25, 0.3) is 0 Å². The van der Waals surface area contributed by atoms with Crippen LogP contribution in [-0.2, 0) is 19.1 Å². The Balaban J connectivity index is 1.12. The molecule has 290 valence electrons. The number of amides is 4. The van der Waals surface area contributed by atoms with Crippen LogP contribution in [0.4, 0.5) is 9.59 Å². The first-order valence-electron chi connectivity index (χ1n) is 18.4. The standard InChI is InChI=1S/C40H48N8O7/c1-22(2)32(45-39(52)54-5)37(50)47-18-7-8-30(47)35-41-20-28(43-35)26-13-9-24(10-14-26)25-11-15-27(16-12-25)29-21-42-36(44-29)34-31(49)17-19-48(34)38(51)33(23(3)4)46-40(53)55-6/h7-16,20-23,30-34,49H,17-19H2,1-6H3,(H,41,43)(H,42,44)(H,45,52)(H,46,53)/t30-,31?,32?,33-,34-/m0/s1. The number of hydrogen-bond acceptors (Lipinski definition) is 9. The van der Waals surface area contributed by atoms with Crippen LogP contribution in [0.5, 0.6) is 0 Å². The van der Waals surface area contributed by atoms with Crippen molar-refractivity contribution in [3.8, 4) is 33.6 Å². The predicted octanol–water partition coefficient (Wildman–Crippen LogP) is 4.97. The number of carbonyl (C=O) groups is 4. The van der Waals surface area contributed by atoms with Crippen molar-refractivity contribution >= 4 is 24.0 Å². The van der Waals surface area contributed by atoms with E-state index in [0.717, 1.165) is 33.6 Å². The Morgan fingerprint density at radius 2 is 1.18 bits per heavy atom. The fraction of sp³-hybridized carbons (Fsp3) is 0.400. The number of alkyl carbamates (subject to hydrolysis) is 2. The number of hydrogen-bond donors (Lipinski definition) is 5. The Labute approximate surface area is 319 Å². The number of nitrogens with zero attached hydrogens (tertiary/aromatic N) is 4. The summed E-state index contributed by atoms with van der Waals surface area (Å²) < 4.78 is 9.45. The molecular formula is C40H48N8O7. The number of nitrogens with one attached hydrogen (secondary N) is 4. The lowest BCUT2D eigenvalue weighted by molar-refractivity contribution is -0.136. The summed E-state index contributed by atoms with van der Waals surface area (Å²) in [5.41, 5.74) is 5.38. The predicted molar refractivity (Wildman–Crippen MR) is 204 cm³/mol. The highest BCUT2D eigenvalue weighted by Crippen LogP contribution is 2.34. The third-order valence-electron chi connectivity index (χ3n) is 10.1. The van der Waals surface area contributed by atoms with Crippen molar-refractivity contribution in [2.24, 2.45) is 11.8 Å². The van der Waals surface area contributed by atoms with Crippen LogP contribution in [0.1, 0.15) is 57.8 Å². The van der Waals surface area contributed by atoms with Gasteiger partial charge in [0.2, 0.25) is 11.8 Å². The molecule has 0 aliphatic carbocycles. The molecule has 15 nitrogen and oxygen atoms in total. The van der Waals surface area contributed by atoms with Crippen LogP contribution in [0.2, 0.25) is 0 Å². The largest absolute Gasteiger partial charge is 0.453 e. The number of aliphatic hydroxyl groups excluding tert-OH is 1. The summed E-state index contributed by atoms with van der Waals surface area (Å²) in [6.45, 7) is 8.15. The summed E-state index contributed by atoms with van der Waals surface area (Å²) in [6, 6.07) is 13.4. The maximum Gasteiger partial charge on any atom is 0.407 e. The van der Waals surface area contributed by atoms with Gasteiger partial charge in [-0.2, -0.15) is 0 Å². The average Bonchev–Trinajstić information content (AvgIpc) is 4.02.